The molecule has 0 aromatic heterocycles. The number of carbonyl (C=O) groups is 3. The van der Waals surface area contributed by atoms with Gasteiger partial charge in [0, 0.05) is 31.1 Å². The van der Waals surface area contributed by atoms with E-state index in [1.54, 1.807) is 31.3 Å². The van der Waals surface area contributed by atoms with Crippen molar-refractivity contribution in [2.45, 2.75) is 26.2 Å². The van der Waals surface area contributed by atoms with Crippen molar-refractivity contribution in [3.8, 4) is 0 Å². The number of anilines is 1. The maximum atomic E-state index is 12.2. The molecule has 0 aliphatic carbocycles. The zero-order chi connectivity index (χ0) is 18.9. The number of nitrogens with one attached hydrogen (secondary N) is 1. The van der Waals surface area contributed by atoms with E-state index in [9.17, 15) is 14.4 Å². The summed E-state index contributed by atoms with van der Waals surface area (Å²) in [5, 5.41) is 2.84. The molecule has 2 amide bonds. The fraction of sp³-hybridized carbons (Fsp3) is 0.286. The lowest BCUT2D eigenvalue weighted by atomic mass is 10.1. The van der Waals surface area contributed by atoms with Gasteiger partial charge in [-0.15, -0.1) is 0 Å². The van der Waals surface area contributed by atoms with E-state index < -0.39 is 0 Å². The highest BCUT2D eigenvalue weighted by molar-refractivity contribution is 5.99. The Hall–Kier alpha value is -2.95. The summed E-state index contributed by atoms with van der Waals surface area (Å²) in [7, 11) is 1.57. The molecular formula is C21H24N2O3. The Morgan fingerprint density at radius 2 is 1.58 bits per heavy atom. The van der Waals surface area contributed by atoms with Crippen LogP contribution in [0.5, 0.6) is 0 Å². The number of ketones is 1. The molecule has 0 saturated heterocycles. The standard InChI is InChI=1S/C21H24N2O3/c1-3-16-9-7-8-12-18(16)22-20(25)15-23(2)21(26)14-13-19(24)17-10-5-4-6-11-17/h4-12H,3,13-15H2,1-2H3,(H,22,25). The van der Waals surface area contributed by atoms with Crippen LogP contribution in [0.25, 0.3) is 0 Å². The van der Waals surface area contributed by atoms with E-state index in [-0.39, 0.29) is 37.0 Å². The Bertz CT molecular complexity index is 772. The maximum absolute atomic E-state index is 12.2. The Morgan fingerprint density at radius 3 is 2.27 bits per heavy atom. The topological polar surface area (TPSA) is 66.5 Å². The highest BCUT2D eigenvalue weighted by Crippen LogP contribution is 2.15. The molecular weight excluding hydrogens is 328 g/mol. The van der Waals surface area contributed by atoms with Gasteiger partial charge in [0.15, 0.2) is 5.78 Å². The molecule has 0 bridgehead atoms. The van der Waals surface area contributed by atoms with Gasteiger partial charge in [-0.25, -0.2) is 0 Å². The summed E-state index contributed by atoms with van der Waals surface area (Å²) >= 11 is 0. The summed E-state index contributed by atoms with van der Waals surface area (Å²) in [6.45, 7) is 1.97. The van der Waals surface area contributed by atoms with Crippen molar-refractivity contribution in [2.75, 3.05) is 18.9 Å². The van der Waals surface area contributed by atoms with Crippen LogP contribution in [0.1, 0.15) is 35.7 Å². The fourth-order valence-corrected chi connectivity index (χ4v) is 2.62. The summed E-state index contributed by atoms with van der Waals surface area (Å²) in [5.41, 5.74) is 2.40. The molecule has 0 aliphatic heterocycles. The van der Waals surface area contributed by atoms with Gasteiger partial charge in [-0.1, -0.05) is 55.5 Å². The second-order valence-corrected chi connectivity index (χ2v) is 6.10. The van der Waals surface area contributed by atoms with Gasteiger partial charge in [-0.2, -0.15) is 0 Å². The zero-order valence-corrected chi connectivity index (χ0v) is 15.2. The molecule has 2 aromatic rings. The van der Waals surface area contributed by atoms with E-state index in [1.165, 1.54) is 4.90 Å². The molecule has 0 fully saturated rings. The van der Waals surface area contributed by atoms with Crippen molar-refractivity contribution < 1.29 is 14.4 Å². The molecule has 5 heteroatoms. The number of rotatable bonds is 8. The minimum Gasteiger partial charge on any atom is -0.336 e. The molecule has 0 atom stereocenters. The van der Waals surface area contributed by atoms with Crippen molar-refractivity contribution >= 4 is 23.3 Å². The normalized spacial score (nSPS) is 10.2. The molecule has 0 aliphatic rings. The SMILES string of the molecule is CCc1ccccc1NC(=O)CN(C)C(=O)CCC(=O)c1ccccc1. The third-order valence-electron chi connectivity index (χ3n) is 4.14. The number of benzene rings is 2. The summed E-state index contributed by atoms with van der Waals surface area (Å²) in [6, 6.07) is 16.5. The highest BCUT2D eigenvalue weighted by Gasteiger charge is 2.15. The van der Waals surface area contributed by atoms with Crippen LogP contribution >= 0.6 is 0 Å². The predicted octanol–water partition coefficient (Wildman–Crippen LogP) is 3.31. The molecule has 2 aromatic carbocycles. The van der Waals surface area contributed by atoms with Crippen molar-refractivity contribution in [1.82, 2.24) is 4.90 Å². The molecule has 1 N–H and O–H groups in total. The van der Waals surface area contributed by atoms with Gasteiger partial charge < -0.3 is 10.2 Å². The first-order chi connectivity index (χ1) is 12.5. The lowest BCUT2D eigenvalue weighted by Gasteiger charge is -2.17. The number of hydrogen-bond donors (Lipinski definition) is 1. The highest BCUT2D eigenvalue weighted by atomic mass is 16.2. The summed E-state index contributed by atoms with van der Waals surface area (Å²) in [4.78, 5) is 37.8. The van der Waals surface area contributed by atoms with Gasteiger partial charge in [-0.05, 0) is 18.1 Å². The van der Waals surface area contributed by atoms with Crippen LogP contribution < -0.4 is 5.32 Å². The number of hydrogen-bond acceptors (Lipinski definition) is 3. The Labute approximate surface area is 154 Å². The molecule has 26 heavy (non-hydrogen) atoms. The molecule has 5 nitrogen and oxygen atoms in total. The second kappa shape index (κ2) is 9.51. The summed E-state index contributed by atoms with van der Waals surface area (Å²) < 4.78 is 0. The van der Waals surface area contributed by atoms with E-state index in [2.05, 4.69) is 5.32 Å². The molecule has 136 valence electrons. The van der Waals surface area contributed by atoms with Gasteiger partial charge in [0.2, 0.25) is 11.8 Å². The predicted molar refractivity (Wildman–Crippen MR) is 102 cm³/mol. The van der Waals surface area contributed by atoms with Gasteiger partial charge in [0.25, 0.3) is 0 Å². The van der Waals surface area contributed by atoms with Crippen LogP contribution in [0.3, 0.4) is 0 Å². The number of nitrogens with zero attached hydrogens (tertiary/aromatic N) is 1. The first-order valence-electron chi connectivity index (χ1n) is 8.71. The first kappa shape index (κ1) is 19.4. The van der Waals surface area contributed by atoms with E-state index in [4.69, 9.17) is 0 Å². The summed E-state index contributed by atoms with van der Waals surface area (Å²) in [6.07, 6.45) is 1.03. The zero-order valence-electron chi connectivity index (χ0n) is 15.2. The van der Waals surface area contributed by atoms with E-state index in [0.29, 0.717) is 5.56 Å². The van der Waals surface area contributed by atoms with Crippen molar-refractivity contribution in [3.63, 3.8) is 0 Å². The number of carbonyl (C=O) groups excluding carboxylic acids is 3. The first-order valence-corrected chi connectivity index (χ1v) is 8.71. The minimum absolute atomic E-state index is 0.0452. The molecule has 0 radical (unpaired) electrons. The number of aryl methyl sites for hydroxylation is 1. The Morgan fingerprint density at radius 1 is 0.923 bits per heavy atom. The number of para-hydroxylation sites is 1. The number of amides is 2. The van der Waals surface area contributed by atoms with Crippen LogP contribution in [0.15, 0.2) is 54.6 Å². The quantitative estimate of drug-likeness (QED) is 0.741. The largest absolute Gasteiger partial charge is 0.336 e. The van der Waals surface area contributed by atoms with Gasteiger partial charge in [-0.3, -0.25) is 14.4 Å². The Kier molecular flexibility index (Phi) is 7.09. The van der Waals surface area contributed by atoms with Crippen LogP contribution in [-0.2, 0) is 16.0 Å². The van der Waals surface area contributed by atoms with Gasteiger partial charge in [0.05, 0.1) is 6.54 Å². The molecule has 0 saturated carbocycles. The lowest BCUT2D eigenvalue weighted by molar-refractivity contribution is -0.133. The van der Waals surface area contributed by atoms with Crippen LogP contribution in [-0.4, -0.2) is 36.1 Å². The van der Waals surface area contributed by atoms with Crippen molar-refractivity contribution in [1.29, 1.82) is 0 Å². The van der Waals surface area contributed by atoms with Crippen molar-refractivity contribution in [2.24, 2.45) is 0 Å². The van der Waals surface area contributed by atoms with Crippen LogP contribution in [0.4, 0.5) is 5.69 Å². The van der Waals surface area contributed by atoms with Crippen LogP contribution in [0.2, 0.25) is 0 Å². The summed E-state index contributed by atoms with van der Waals surface area (Å²) in [5.74, 6) is -0.557. The number of Topliss-reactive ketones (excluding diaryl/α,β-unsaturated/α-hetero) is 1. The van der Waals surface area contributed by atoms with E-state index >= 15 is 0 Å². The minimum atomic E-state index is -0.254. The van der Waals surface area contributed by atoms with Crippen LogP contribution in [0, 0.1) is 0 Å². The molecule has 2 rings (SSSR count). The maximum Gasteiger partial charge on any atom is 0.243 e. The van der Waals surface area contributed by atoms with Crippen molar-refractivity contribution in [3.05, 3.63) is 65.7 Å². The smallest absolute Gasteiger partial charge is 0.243 e. The third-order valence-corrected chi connectivity index (χ3v) is 4.14. The molecule has 0 heterocycles. The van der Waals surface area contributed by atoms with E-state index in [0.717, 1.165) is 17.7 Å². The number of likely N-dealkylation sites (N-methyl/N-ethyl adjacent to an activating group) is 1. The monoisotopic (exact) mass is 352 g/mol. The third kappa shape index (κ3) is 5.55. The van der Waals surface area contributed by atoms with E-state index in [1.807, 2.05) is 37.3 Å². The van der Waals surface area contributed by atoms with Gasteiger partial charge in [0.1, 0.15) is 0 Å². The van der Waals surface area contributed by atoms with Gasteiger partial charge >= 0.3 is 0 Å². The lowest BCUT2D eigenvalue weighted by Crippen LogP contribution is -2.35. The average Bonchev–Trinajstić information content (AvgIpc) is 2.66. The second-order valence-electron chi connectivity index (χ2n) is 6.10. The fourth-order valence-electron chi connectivity index (χ4n) is 2.62. The molecule has 0 unspecified atom stereocenters. The molecule has 0 spiro atoms. The Balaban J connectivity index is 1.82. The average molecular weight is 352 g/mol.